The minimum absolute atomic E-state index is 0.0657. The van der Waals surface area contributed by atoms with Crippen molar-refractivity contribution in [2.45, 2.75) is 45.3 Å². The van der Waals surface area contributed by atoms with E-state index in [2.05, 4.69) is 15.4 Å². The standard InChI is InChI=1S/C24H27FN4O3/c1-24(2,3)32-23(31)27-21(13-16-5-7-18(25)8-6-16)22(30)15-19-14-20(28-29(19)4)17-9-11-26-12-10-17/h5-12,14,21H,13,15H2,1-4H3,(H,27,31)/t21-/m0/s1. The molecule has 1 amide bonds. The highest BCUT2D eigenvalue weighted by Crippen LogP contribution is 2.19. The average molecular weight is 439 g/mol. The predicted molar refractivity (Wildman–Crippen MR) is 118 cm³/mol. The molecule has 0 unspecified atom stereocenters. The summed E-state index contributed by atoms with van der Waals surface area (Å²) in [5.41, 5.74) is 2.35. The van der Waals surface area contributed by atoms with Crippen LogP contribution in [0.25, 0.3) is 11.3 Å². The second-order valence-electron chi connectivity index (χ2n) is 8.55. The third kappa shape index (κ3) is 6.47. The number of ketones is 1. The van der Waals surface area contributed by atoms with Crippen molar-refractivity contribution >= 4 is 11.9 Å². The zero-order valence-electron chi connectivity index (χ0n) is 18.6. The first-order valence-electron chi connectivity index (χ1n) is 10.3. The van der Waals surface area contributed by atoms with Gasteiger partial charge in [-0.05, 0) is 63.1 Å². The van der Waals surface area contributed by atoms with Crippen LogP contribution in [0.3, 0.4) is 0 Å². The molecule has 1 atom stereocenters. The van der Waals surface area contributed by atoms with Gasteiger partial charge in [0.1, 0.15) is 11.4 Å². The third-order valence-electron chi connectivity index (χ3n) is 4.74. The summed E-state index contributed by atoms with van der Waals surface area (Å²) in [6.07, 6.45) is 2.96. The zero-order chi connectivity index (χ0) is 23.3. The number of benzene rings is 1. The van der Waals surface area contributed by atoms with E-state index in [1.54, 1.807) is 57.0 Å². The molecule has 0 radical (unpaired) electrons. The van der Waals surface area contributed by atoms with Gasteiger partial charge in [0.2, 0.25) is 0 Å². The van der Waals surface area contributed by atoms with Gasteiger partial charge in [-0.25, -0.2) is 9.18 Å². The van der Waals surface area contributed by atoms with Crippen LogP contribution in [0.1, 0.15) is 32.0 Å². The predicted octanol–water partition coefficient (Wildman–Crippen LogP) is 3.87. The maximum Gasteiger partial charge on any atom is 0.408 e. The lowest BCUT2D eigenvalue weighted by Crippen LogP contribution is -2.45. The van der Waals surface area contributed by atoms with Crippen LogP contribution in [0, 0.1) is 5.82 Å². The Hall–Kier alpha value is -3.55. The van der Waals surface area contributed by atoms with Crippen LogP contribution in [-0.2, 0) is 29.4 Å². The number of aromatic nitrogens is 3. The highest BCUT2D eigenvalue weighted by molar-refractivity contribution is 5.89. The van der Waals surface area contributed by atoms with E-state index in [4.69, 9.17) is 4.74 Å². The van der Waals surface area contributed by atoms with Crippen LogP contribution in [0.5, 0.6) is 0 Å². The Morgan fingerprint density at radius 1 is 1.12 bits per heavy atom. The van der Waals surface area contributed by atoms with Crippen LogP contribution < -0.4 is 5.32 Å². The van der Waals surface area contributed by atoms with Gasteiger partial charge in [-0.15, -0.1) is 0 Å². The first-order valence-corrected chi connectivity index (χ1v) is 10.3. The van der Waals surface area contributed by atoms with Crippen molar-refractivity contribution in [1.82, 2.24) is 20.1 Å². The zero-order valence-corrected chi connectivity index (χ0v) is 18.6. The summed E-state index contributed by atoms with van der Waals surface area (Å²) in [6, 6.07) is 10.5. The smallest absolute Gasteiger partial charge is 0.408 e. The number of aryl methyl sites for hydroxylation is 1. The SMILES string of the molecule is Cn1nc(-c2ccncc2)cc1CC(=O)[C@H](Cc1ccc(F)cc1)NC(=O)OC(C)(C)C. The molecule has 0 bridgehead atoms. The van der Waals surface area contributed by atoms with E-state index in [9.17, 15) is 14.0 Å². The fourth-order valence-corrected chi connectivity index (χ4v) is 3.19. The molecule has 1 aromatic carbocycles. The maximum atomic E-state index is 13.3. The number of hydrogen-bond donors (Lipinski definition) is 1. The fraction of sp³-hybridized carbons (Fsp3) is 0.333. The van der Waals surface area contributed by atoms with Gasteiger partial charge in [0, 0.05) is 30.7 Å². The molecule has 0 saturated carbocycles. The van der Waals surface area contributed by atoms with E-state index >= 15 is 0 Å². The van der Waals surface area contributed by atoms with Gasteiger partial charge < -0.3 is 10.1 Å². The van der Waals surface area contributed by atoms with Crippen molar-refractivity contribution in [3.63, 3.8) is 0 Å². The number of halogens is 1. The number of hydrogen-bond acceptors (Lipinski definition) is 5. The molecule has 0 fully saturated rings. The number of rotatable bonds is 7. The summed E-state index contributed by atoms with van der Waals surface area (Å²) < 4.78 is 20.3. The Kier molecular flexibility index (Phi) is 7.02. The van der Waals surface area contributed by atoms with E-state index in [1.165, 1.54) is 12.1 Å². The molecular formula is C24H27FN4O3. The lowest BCUT2D eigenvalue weighted by Gasteiger charge is -2.23. The Bertz CT molecular complexity index is 1070. The van der Waals surface area contributed by atoms with Gasteiger partial charge in [-0.2, -0.15) is 5.10 Å². The molecule has 0 aliphatic carbocycles. The number of pyridine rings is 1. The Labute approximate surface area is 186 Å². The number of nitrogens with zero attached hydrogens (tertiary/aromatic N) is 3. The van der Waals surface area contributed by atoms with Crippen molar-refractivity contribution in [3.05, 3.63) is 71.9 Å². The minimum atomic E-state index is -0.838. The summed E-state index contributed by atoms with van der Waals surface area (Å²) >= 11 is 0. The molecule has 3 aromatic rings. The molecule has 7 nitrogen and oxygen atoms in total. The lowest BCUT2D eigenvalue weighted by molar-refractivity contribution is -0.120. The van der Waals surface area contributed by atoms with Gasteiger partial charge in [0.15, 0.2) is 5.78 Å². The van der Waals surface area contributed by atoms with Crippen molar-refractivity contribution in [1.29, 1.82) is 0 Å². The lowest BCUT2D eigenvalue weighted by atomic mass is 9.99. The molecule has 0 spiro atoms. The van der Waals surface area contributed by atoms with E-state index < -0.39 is 17.7 Å². The van der Waals surface area contributed by atoms with E-state index in [-0.39, 0.29) is 24.4 Å². The van der Waals surface area contributed by atoms with Crippen LogP contribution in [0.15, 0.2) is 54.9 Å². The largest absolute Gasteiger partial charge is 0.444 e. The van der Waals surface area contributed by atoms with Crippen LogP contribution in [0.2, 0.25) is 0 Å². The highest BCUT2D eigenvalue weighted by Gasteiger charge is 2.26. The topological polar surface area (TPSA) is 86.1 Å². The molecule has 0 saturated heterocycles. The van der Waals surface area contributed by atoms with Crippen LogP contribution >= 0.6 is 0 Å². The second-order valence-corrected chi connectivity index (χ2v) is 8.55. The van der Waals surface area contributed by atoms with Gasteiger partial charge in [-0.1, -0.05) is 12.1 Å². The Morgan fingerprint density at radius 2 is 1.78 bits per heavy atom. The molecule has 2 heterocycles. The molecule has 0 aliphatic rings. The van der Waals surface area contributed by atoms with Crippen molar-refractivity contribution in [2.24, 2.45) is 7.05 Å². The van der Waals surface area contributed by atoms with Crippen molar-refractivity contribution in [3.8, 4) is 11.3 Å². The van der Waals surface area contributed by atoms with Crippen molar-refractivity contribution in [2.75, 3.05) is 0 Å². The quantitative estimate of drug-likeness (QED) is 0.605. The molecule has 8 heteroatoms. The molecular weight excluding hydrogens is 411 g/mol. The number of Topliss-reactive ketones (excluding diaryl/α,β-unsaturated/α-hetero) is 1. The molecule has 2 aromatic heterocycles. The summed E-state index contributed by atoms with van der Waals surface area (Å²) in [5.74, 6) is -0.570. The van der Waals surface area contributed by atoms with Crippen molar-refractivity contribution < 1.29 is 18.7 Å². The summed E-state index contributed by atoms with van der Waals surface area (Å²) in [6.45, 7) is 5.25. The van der Waals surface area contributed by atoms with E-state index in [0.717, 1.165) is 16.8 Å². The van der Waals surface area contributed by atoms with Crippen LogP contribution in [-0.4, -0.2) is 38.3 Å². The maximum absolute atomic E-state index is 13.3. The average Bonchev–Trinajstić information content (AvgIpc) is 3.08. The summed E-state index contributed by atoms with van der Waals surface area (Å²) in [7, 11) is 1.77. The Morgan fingerprint density at radius 3 is 2.41 bits per heavy atom. The van der Waals surface area contributed by atoms with Gasteiger partial charge in [0.25, 0.3) is 0 Å². The number of alkyl carbamates (subject to hydrolysis) is 1. The molecule has 32 heavy (non-hydrogen) atoms. The number of amides is 1. The van der Waals surface area contributed by atoms with Crippen LogP contribution in [0.4, 0.5) is 9.18 Å². The summed E-state index contributed by atoms with van der Waals surface area (Å²) in [4.78, 5) is 29.6. The number of nitrogens with one attached hydrogen (secondary N) is 1. The monoisotopic (exact) mass is 438 g/mol. The Balaban J connectivity index is 1.79. The molecule has 0 aliphatic heterocycles. The minimum Gasteiger partial charge on any atom is -0.444 e. The molecule has 3 rings (SSSR count). The first-order chi connectivity index (χ1) is 15.1. The normalized spacial score (nSPS) is 12.3. The highest BCUT2D eigenvalue weighted by atomic mass is 19.1. The number of carbonyl (C=O) groups is 2. The third-order valence-corrected chi connectivity index (χ3v) is 4.74. The fourth-order valence-electron chi connectivity index (χ4n) is 3.19. The van der Waals surface area contributed by atoms with Gasteiger partial charge in [-0.3, -0.25) is 14.5 Å². The van der Waals surface area contributed by atoms with E-state index in [1.807, 2.05) is 18.2 Å². The number of ether oxygens (including phenoxy) is 1. The number of carbonyl (C=O) groups excluding carboxylic acids is 2. The van der Waals surface area contributed by atoms with Gasteiger partial charge >= 0.3 is 6.09 Å². The van der Waals surface area contributed by atoms with Gasteiger partial charge in [0.05, 0.1) is 18.2 Å². The molecule has 1 N–H and O–H groups in total. The first kappa shape index (κ1) is 23.1. The summed E-state index contributed by atoms with van der Waals surface area (Å²) in [5, 5.41) is 7.15. The molecule has 168 valence electrons. The second kappa shape index (κ2) is 9.72. The van der Waals surface area contributed by atoms with E-state index in [0.29, 0.717) is 5.69 Å².